The number of carbonyl (C=O) groups is 1. The van der Waals surface area contributed by atoms with Gasteiger partial charge in [-0.15, -0.1) is 11.3 Å². The average Bonchev–Trinajstić information content (AvgIpc) is 2.76. The van der Waals surface area contributed by atoms with Gasteiger partial charge in [-0.2, -0.15) is 0 Å². The molecule has 2 nitrogen and oxygen atoms in total. The van der Waals surface area contributed by atoms with Crippen LogP contribution in [-0.2, 0) is 6.42 Å². The number of carbonyl (C=O) groups excluding carboxylic acids is 1. The zero-order chi connectivity index (χ0) is 14.0. The fourth-order valence-corrected chi connectivity index (χ4v) is 2.78. The number of benzene rings is 1. The highest BCUT2D eigenvalue weighted by molar-refractivity contribution is 7.14. The van der Waals surface area contributed by atoms with Crippen molar-refractivity contribution < 1.29 is 13.6 Å². The summed E-state index contributed by atoms with van der Waals surface area (Å²) in [5.74, 6) is -2.44. The number of aryl methyl sites for hydroxylation is 2. The number of nitrogens with one attached hydrogen (secondary N) is 1. The van der Waals surface area contributed by atoms with Crippen LogP contribution in [0.1, 0.15) is 27.0 Å². The smallest absolute Gasteiger partial charge is 0.265 e. The van der Waals surface area contributed by atoms with Gasteiger partial charge in [-0.25, -0.2) is 8.78 Å². The molecule has 0 saturated heterocycles. The largest absolute Gasteiger partial charge is 0.319 e. The maximum Gasteiger partial charge on any atom is 0.265 e. The first-order valence-corrected chi connectivity index (χ1v) is 6.69. The first-order valence-electron chi connectivity index (χ1n) is 5.87. The van der Waals surface area contributed by atoms with Crippen LogP contribution in [0.25, 0.3) is 0 Å². The van der Waals surface area contributed by atoms with Gasteiger partial charge >= 0.3 is 0 Å². The summed E-state index contributed by atoms with van der Waals surface area (Å²) in [6.45, 7) is 3.94. The number of rotatable bonds is 3. The molecule has 0 bridgehead atoms. The second kappa shape index (κ2) is 5.48. The SMILES string of the molecule is CCc1cc(C(=O)Nc2cccc(F)c2F)sc1C. The molecule has 0 spiro atoms. The fourth-order valence-electron chi connectivity index (χ4n) is 1.77. The summed E-state index contributed by atoms with van der Waals surface area (Å²) in [6, 6.07) is 5.48. The molecular weight excluding hydrogens is 268 g/mol. The van der Waals surface area contributed by atoms with Crippen LogP contribution < -0.4 is 5.32 Å². The summed E-state index contributed by atoms with van der Waals surface area (Å²) in [7, 11) is 0. The van der Waals surface area contributed by atoms with Crippen molar-refractivity contribution in [2.45, 2.75) is 20.3 Å². The van der Waals surface area contributed by atoms with Crippen molar-refractivity contribution in [1.82, 2.24) is 0 Å². The van der Waals surface area contributed by atoms with Crippen molar-refractivity contribution in [3.63, 3.8) is 0 Å². The van der Waals surface area contributed by atoms with Gasteiger partial charge in [0.05, 0.1) is 10.6 Å². The van der Waals surface area contributed by atoms with Crippen molar-refractivity contribution in [1.29, 1.82) is 0 Å². The highest BCUT2D eigenvalue weighted by Gasteiger charge is 2.15. The third-order valence-electron chi connectivity index (χ3n) is 2.83. The molecule has 2 aromatic rings. The summed E-state index contributed by atoms with van der Waals surface area (Å²) >= 11 is 1.35. The van der Waals surface area contributed by atoms with Gasteiger partial charge in [0.25, 0.3) is 5.91 Å². The van der Waals surface area contributed by atoms with E-state index in [2.05, 4.69) is 5.32 Å². The van der Waals surface area contributed by atoms with Crippen LogP contribution in [0.5, 0.6) is 0 Å². The molecule has 1 N–H and O–H groups in total. The molecule has 1 aromatic carbocycles. The molecule has 5 heteroatoms. The van der Waals surface area contributed by atoms with E-state index in [-0.39, 0.29) is 5.69 Å². The summed E-state index contributed by atoms with van der Waals surface area (Å²) < 4.78 is 26.5. The monoisotopic (exact) mass is 281 g/mol. The van der Waals surface area contributed by atoms with E-state index in [0.717, 1.165) is 22.9 Å². The predicted molar refractivity (Wildman–Crippen MR) is 72.7 cm³/mol. The van der Waals surface area contributed by atoms with E-state index in [4.69, 9.17) is 0 Å². The lowest BCUT2D eigenvalue weighted by atomic mass is 10.2. The molecular formula is C14H13F2NOS. The lowest BCUT2D eigenvalue weighted by Crippen LogP contribution is -2.12. The Labute approximate surface area is 114 Å². The van der Waals surface area contributed by atoms with E-state index < -0.39 is 17.5 Å². The van der Waals surface area contributed by atoms with Crippen molar-refractivity contribution in [2.75, 3.05) is 5.32 Å². The highest BCUT2D eigenvalue weighted by atomic mass is 32.1. The van der Waals surface area contributed by atoms with Gasteiger partial charge in [-0.1, -0.05) is 13.0 Å². The molecule has 0 atom stereocenters. The molecule has 1 amide bonds. The quantitative estimate of drug-likeness (QED) is 0.899. The fraction of sp³-hybridized carbons (Fsp3) is 0.214. The van der Waals surface area contributed by atoms with Crippen LogP contribution in [0.4, 0.5) is 14.5 Å². The van der Waals surface area contributed by atoms with Gasteiger partial charge in [0, 0.05) is 4.88 Å². The maximum atomic E-state index is 13.4. The molecule has 1 aromatic heterocycles. The molecule has 1 heterocycles. The topological polar surface area (TPSA) is 29.1 Å². The number of hydrogen-bond donors (Lipinski definition) is 1. The normalized spacial score (nSPS) is 10.5. The Hall–Kier alpha value is -1.75. The number of amides is 1. The zero-order valence-electron chi connectivity index (χ0n) is 10.6. The first-order chi connectivity index (χ1) is 9.02. The van der Waals surface area contributed by atoms with Crippen LogP contribution in [0.15, 0.2) is 24.3 Å². The molecule has 0 aliphatic rings. The summed E-state index contributed by atoms with van der Waals surface area (Å²) in [6.07, 6.45) is 0.837. The minimum Gasteiger partial charge on any atom is -0.319 e. The van der Waals surface area contributed by atoms with E-state index in [1.165, 1.54) is 23.5 Å². The van der Waals surface area contributed by atoms with E-state index >= 15 is 0 Å². The molecule has 19 heavy (non-hydrogen) atoms. The van der Waals surface area contributed by atoms with Gasteiger partial charge in [0.2, 0.25) is 0 Å². The van der Waals surface area contributed by atoms with Gasteiger partial charge in [0.15, 0.2) is 11.6 Å². The van der Waals surface area contributed by atoms with Crippen LogP contribution in [-0.4, -0.2) is 5.91 Å². The minimum atomic E-state index is -1.04. The third kappa shape index (κ3) is 2.81. The first kappa shape index (κ1) is 13.7. The van der Waals surface area contributed by atoms with E-state index in [1.54, 1.807) is 6.07 Å². The Kier molecular flexibility index (Phi) is 3.95. The van der Waals surface area contributed by atoms with Gasteiger partial charge in [-0.3, -0.25) is 4.79 Å². The Morgan fingerprint density at radius 1 is 1.37 bits per heavy atom. The standard InChI is InChI=1S/C14H13F2NOS/c1-3-9-7-12(19-8(9)2)14(18)17-11-6-4-5-10(15)13(11)16/h4-7H,3H2,1-2H3,(H,17,18). The van der Waals surface area contributed by atoms with E-state index in [0.29, 0.717) is 4.88 Å². The Bertz CT molecular complexity index is 622. The summed E-state index contributed by atoms with van der Waals surface area (Å²) in [4.78, 5) is 13.5. The Morgan fingerprint density at radius 2 is 2.11 bits per heavy atom. The Balaban J connectivity index is 2.23. The highest BCUT2D eigenvalue weighted by Crippen LogP contribution is 2.24. The van der Waals surface area contributed by atoms with E-state index in [9.17, 15) is 13.6 Å². The van der Waals surface area contributed by atoms with Gasteiger partial charge < -0.3 is 5.32 Å². The zero-order valence-corrected chi connectivity index (χ0v) is 11.4. The second-order valence-electron chi connectivity index (χ2n) is 4.10. The number of thiophene rings is 1. The minimum absolute atomic E-state index is 0.144. The molecule has 2 rings (SSSR count). The van der Waals surface area contributed by atoms with Crippen molar-refractivity contribution in [3.8, 4) is 0 Å². The van der Waals surface area contributed by atoms with Crippen molar-refractivity contribution >= 4 is 22.9 Å². The molecule has 0 unspecified atom stereocenters. The lowest BCUT2D eigenvalue weighted by Gasteiger charge is -2.05. The predicted octanol–water partition coefficient (Wildman–Crippen LogP) is 4.15. The van der Waals surface area contributed by atoms with Crippen molar-refractivity contribution in [3.05, 3.63) is 51.2 Å². The molecule has 0 aliphatic carbocycles. The Morgan fingerprint density at radius 3 is 2.74 bits per heavy atom. The van der Waals surface area contributed by atoms with Crippen LogP contribution >= 0.6 is 11.3 Å². The van der Waals surface area contributed by atoms with Crippen LogP contribution in [0, 0.1) is 18.6 Å². The van der Waals surface area contributed by atoms with Gasteiger partial charge in [0.1, 0.15) is 0 Å². The molecule has 0 radical (unpaired) electrons. The molecule has 100 valence electrons. The number of anilines is 1. The number of hydrogen-bond acceptors (Lipinski definition) is 2. The van der Waals surface area contributed by atoms with Gasteiger partial charge in [-0.05, 0) is 37.1 Å². The molecule has 0 aliphatic heterocycles. The second-order valence-corrected chi connectivity index (χ2v) is 5.36. The summed E-state index contributed by atoms with van der Waals surface area (Å²) in [5, 5.41) is 2.39. The van der Waals surface area contributed by atoms with Crippen molar-refractivity contribution in [2.24, 2.45) is 0 Å². The summed E-state index contributed by atoms with van der Waals surface area (Å²) in [5.41, 5.74) is 0.948. The lowest BCUT2D eigenvalue weighted by molar-refractivity contribution is 0.103. The molecule has 0 fully saturated rings. The third-order valence-corrected chi connectivity index (χ3v) is 3.92. The maximum absolute atomic E-state index is 13.4. The molecule has 0 saturated carbocycles. The van der Waals surface area contributed by atoms with E-state index in [1.807, 2.05) is 13.8 Å². The number of halogens is 2. The average molecular weight is 281 g/mol. The van der Waals surface area contributed by atoms with Crippen LogP contribution in [0.2, 0.25) is 0 Å². The van der Waals surface area contributed by atoms with Crippen LogP contribution in [0.3, 0.4) is 0 Å².